The van der Waals surface area contributed by atoms with Crippen molar-refractivity contribution in [1.82, 2.24) is 9.36 Å². The number of nitrogens with zero attached hydrogens (tertiary/aromatic N) is 2. The number of para-hydroxylation sites is 1. The van der Waals surface area contributed by atoms with Crippen LogP contribution in [0.15, 0.2) is 52.6 Å². The molecule has 0 fully saturated rings. The topological polar surface area (TPSA) is 82.3 Å². The van der Waals surface area contributed by atoms with Crippen LogP contribution in [0, 0.1) is 6.92 Å². The molecule has 8 heteroatoms. The second-order valence-corrected chi connectivity index (χ2v) is 6.90. The van der Waals surface area contributed by atoms with Crippen LogP contribution in [0.1, 0.15) is 22.3 Å². The lowest BCUT2D eigenvalue weighted by Gasteiger charge is -2.12. The molecule has 1 aromatic carbocycles. The second-order valence-electron chi connectivity index (χ2n) is 5.95. The first kappa shape index (κ1) is 18.7. The number of aromatic nitrogens is 2. The molecule has 0 spiro atoms. The first-order valence-electron chi connectivity index (χ1n) is 8.29. The molecule has 0 aliphatic heterocycles. The van der Waals surface area contributed by atoms with Crippen molar-refractivity contribution in [2.45, 2.75) is 20.0 Å². The number of carbonyl (C=O) groups is 2. The van der Waals surface area contributed by atoms with Gasteiger partial charge < -0.3 is 10.1 Å². The molecule has 0 bridgehead atoms. The Labute approximate surface area is 159 Å². The van der Waals surface area contributed by atoms with Gasteiger partial charge in [0, 0.05) is 7.05 Å². The number of benzene rings is 1. The number of thiophene rings is 1. The molecule has 0 unspecified atom stereocenters. The zero-order valence-corrected chi connectivity index (χ0v) is 15.9. The first-order valence-corrected chi connectivity index (χ1v) is 9.17. The van der Waals surface area contributed by atoms with Gasteiger partial charge in [0.25, 0.3) is 11.5 Å². The Morgan fingerprint density at radius 2 is 1.85 bits per heavy atom. The van der Waals surface area contributed by atoms with Crippen LogP contribution in [0.3, 0.4) is 0 Å². The number of carbonyl (C=O) groups excluding carboxylic acids is 2. The van der Waals surface area contributed by atoms with Crippen molar-refractivity contribution in [2.24, 2.45) is 7.05 Å². The van der Waals surface area contributed by atoms with Crippen molar-refractivity contribution in [3.05, 3.63) is 68.8 Å². The van der Waals surface area contributed by atoms with Crippen LogP contribution in [0.25, 0.3) is 5.69 Å². The maximum Gasteiger partial charge on any atom is 0.349 e. The third-order valence-electron chi connectivity index (χ3n) is 4.18. The molecule has 27 heavy (non-hydrogen) atoms. The van der Waals surface area contributed by atoms with Gasteiger partial charge in [0.1, 0.15) is 10.6 Å². The fourth-order valence-electron chi connectivity index (χ4n) is 2.60. The maximum atomic E-state index is 12.8. The molecule has 140 valence electrons. The van der Waals surface area contributed by atoms with Crippen molar-refractivity contribution in [1.29, 1.82) is 0 Å². The highest BCUT2D eigenvalue weighted by molar-refractivity contribution is 7.11. The third kappa shape index (κ3) is 3.70. The average molecular weight is 385 g/mol. The standard InChI is InChI=1S/C19H19N3O4S/c1-12-16(18(24)22(21(12)3)14-8-5-4-6-9-14)20-17(23)13(2)26-19(25)15-10-7-11-27-15/h4-11,13H,1-3H3,(H,20,23)/t13-/m0/s1. The van der Waals surface area contributed by atoms with Gasteiger partial charge in [-0.1, -0.05) is 24.3 Å². The molecule has 0 saturated carbocycles. The summed E-state index contributed by atoms with van der Waals surface area (Å²) in [5.74, 6) is -1.13. The van der Waals surface area contributed by atoms with E-state index in [1.165, 1.54) is 22.9 Å². The Morgan fingerprint density at radius 3 is 2.48 bits per heavy atom. The summed E-state index contributed by atoms with van der Waals surface area (Å²) in [6.45, 7) is 3.20. The smallest absolute Gasteiger partial charge is 0.349 e. The van der Waals surface area contributed by atoms with Crippen LogP contribution < -0.4 is 10.9 Å². The minimum Gasteiger partial charge on any atom is -0.448 e. The van der Waals surface area contributed by atoms with Crippen LogP contribution in [0.2, 0.25) is 0 Å². The van der Waals surface area contributed by atoms with Crippen molar-refractivity contribution >= 4 is 28.9 Å². The minimum absolute atomic E-state index is 0.158. The number of hydrogen-bond acceptors (Lipinski definition) is 5. The van der Waals surface area contributed by atoms with E-state index < -0.39 is 18.0 Å². The van der Waals surface area contributed by atoms with Gasteiger partial charge in [-0.3, -0.25) is 14.3 Å². The molecule has 2 aromatic heterocycles. The number of nitrogens with one attached hydrogen (secondary N) is 1. The molecule has 3 aromatic rings. The summed E-state index contributed by atoms with van der Waals surface area (Å²) in [6, 6.07) is 12.5. The summed E-state index contributed by atoms with van der Waals surface area (Å²) < 4.78 is 8.30. The quantitative estimate of drug-likeness (QED) is 0.685. The van der Waals surface area contributed by atoms with Gasteiger partial charge in [0.15, 0.2) is 6.10 Å². The molecule has 2 heterocycles. The molecule has 3 rings (SSSR count). The summed E-state index contributed by atoms with van der Waals surface area (Å²) in [5.41, 5.74) is 1.08. The monoisotopic (exact) mass is 385 g/mol. The Kier molecular flexibility index (Phi) is 5.27. The van der Waals surface area contributed by atoms with Gasteiger partial charge in [-0.05, 0) is 37.4 Å². The largest absolute Gasteiger partial charge is 0.448 e. The number of anilines is 1. The molecule has 0 aliphatic rings. The number of hydrogen-bond donors (Lipinski definition) is 1. The van der Waals surface area contributed by atoms with E-state index in [9.17, 15) is 14.4 Å². The van der Waals surface area contributed by atoms with Gasteiger partial charge in [0.05, 0.1) is 11.4 Å². The minimum atomic E-state index is -1.04. The lowest BCUT2D eigenvalue weighted by Crippen LogP contribution is -2.32. The van der Waals surface area contributed by atoms with Crippen LogP contribution in [0.4, 0.5) is 5.69 Å². The van der Waals surface area contributed by atoms with Crippen LogP contribution in [0.5, 0.6) is 0 Å². The van der Waals surface area contributed by atoms with Crippen molar-refractivity contribution in [2.75, 3.05) is 5.32 Å². The summed E-state index contributed by atoms with van der Waals surface area (Å²) in [7, 11) is 1.74. The highest BCUT2D eigenvalue weighted by Gasteiger charge is 2.23. The number of rotatable bonds is 5. The van der Waals surface area contributed by atoms with Crippen LogP contribution in [-0.2, 0) is 16.6 Å². The molecule has 1 amide bonds. The molecular weight excluding hydrogens is 366 g/mol. The first-order chi connectivity index (χ1) is 12.9. The van der Waals surface area contributed by atoms with Crippen molar-refractivity contribution in [3.63, 3.8) is 0 Å². The maximum absolute atomic E-state index is 12.8. The van der Waals surface area contributed by atoms with Crippen LogP contribution in [-0.4, -0.2) is 27.3 Å². The predicted octanol–water partition coefficient (Wildman–Crippen LogP) is 2.73. The molecule has 0 saturated heterocycles. The van der Waals surface area contributed by atoms with Gasteiger partial charge in [-0.25, -0.2) is 9.48 Å². The van der Waals surface area contributed by atoms with E-state index in [2.05, 4.69) is 5.32 Å². The van der Waals surface area contributed by atoms with E-state index >= 15 is 0 Å². The fourth-order valence-corrected chi connectivity index (χ4v) is 3.21. The fraction of sp³-hybridized carbons (Fsp3) is 0.211. The van der Waals surface area contributed by atoms with E-state index in [0.29, 0.717) is 16.3 Å². The molecule has 0 radical (unpaired) electrons. The molecule has 1 N–H and O–H groups in total. The molecular formula is C19H19N3O4S. The number of esters is 1. The second kappa shape index (κ2) is 7.63. The Hall–Kier alpha value is -3.13. The average Bonchev–Trinajstić information content (AvgIpc) is 3.26. The van der Waals surface area contributed by atoms with Gasteiger partial charge in [0.2, 0.25) is 0 Å². The number of amides is 1. The normalized spacial score (nSPS) is 11.8. The predicted molar refractivity (Wildman–Crippen MR) is 104 cm³/mol. The molecule has 1 atom stereocenters. The zero-order chi connectivity index (χ0) is 19.6. The zero-order valence-electron chi connectivity index (χ0n) is 15.1. The number of ether oxygens (including phenoxy) is 1. The summed E-state index contributed by atoms with van der Waals surface area (Å²) >= 11 is 1.23. The van der Waals surface area contributed by atoms with E-state index in [4.69, 9.17) is 4.74 Å². The van der Waals surface area contributed by atoms with Gasteiger partial charge >= 0.3 is 5.97 Å². The molecule has 7 nitrogen and oxygen atoms in total. The Bertz CT molecular complexity index is 1020. The Balaban J connectivity index is 1.80. The van der Waals surface area contributed by atoms with Gasteiger partial charge in [-0.15, -0.1) is 11.3 Å². The third-order valence-corrected chi connectivity index (χ3v) is 5.03. The van der Waals surface area contributed by atoms with E-state index in [-0.39, 0.29) is 11.2 Å². The van der Waals surface area contributed by atoms with Crippen molar-refractivity contribution < 1.29 is 14.3 Å². The highest BCUT2D eigenvalue weighted by Crippen LogP contribution is 2.15. The lowest BCUT2D eigenvalue weighted by atomic mass is 10.3. The summed E-state index contributed by atoms with van der Waals surface area (Å²) in [6.07, 6.45) is -1.04. The Morgan fingerprint density at radius 1 is 1.15 bits per heavy atom. The SMILES string of the molecule is Cc1c(NC(=O)[C@H](C)OC(=O)c2cccs2)c(=O)n(-c2ccccc2)n1C. The van der Waals surface area contributed by atoms with E-state index in [0.717, 1.165) is 0 Å². The van der Waals surface area contributed by atoms with E-state index in [1.54, 1.807) is 48.3 Å². The summed E-state index contributed by atoms with van der Waals surface area (Å²) in [4.78, 5) is 37.6. The van der Waals surface area contributed by atoms with Gasteiger partial charge in [-0.2, -0.15) is 0 Å². The summed E-state index contributed by atoms with van der Waals surface area (Å²) in [5, 5.41) is 4.34. The van der Waals surface area contributed by atoms with Crippen LogP contribution >= 0.6 is 11.3 Å². The lowest BCUT2D eigenvalue weighted by molar-refractivity contribution is -0.123. The van der Waals surface area contributed by atoms with E-state index in [1.807, 2.05) is 18.2 Å². The van der Waals surface area contributed by atoms with Crippen molar-refractivity contribution in [3.8, 4) is 5.69 Å². The molecule has 0 aliphatic carbocycles. The highest BCUT2D eigenvalue weighted by atomic mass is 32.1.